The van der Waals surface area contributed by atoms with Crippen molar-refractivity contribution in [3.05, 3.63) is 48.7 Å². The summed E-state index contributed by atoms with van der Waals surface area (Å²) in [6, 6.07) is 8.33. The lowest BCUT2D eigenvalue weighted by molar-refractivity contribution is 0.122. The van der Waals surface area contributed by atoms with Gasteiger partial charge in [0.05, 0.1) is 18.7 Å². The summed E-state index contributed by atoms with van der Waals surface area (Å²) in [4.78, 5) is 15.0. The summed E-state index contributed by atoms with van der Waals surface area (Å²) in [5.74, 6) is 1.22. The van der Waals surface area contributed by atoms with Gasteiger partial charge in [-0.1, -0.05) is 0 Å². The highest BCUT2D eigenvalue weighted by Gasteiger charge is 2.13. The first-order valence-corrected chi connectivity index (χ1v) is 7.76. The van der Waals surface area contributed by atoms with Crippen molar-refractivity contribution in [2.45, 2.75) is 0 Å². The summed E-state index contributed by atoms with van der Waals surface area (Å²) in [7, 11) is 0. The number of hydrogen-bond acceptors (Lipinski definition) is 6. The molecule has 122 valence electrons. The third kappa shape index (κ3) is 2.98. The van der Waals surface area contributed by atoms with Gasteiger partial charge >= 0.3 is 0 Å². The molecule has 0 amide bonds. The molecule has 24 heavy (non-hydrogen) atoms. The van der Waals surface area contributed by atoms with E-state index in [2.05, 4.69) is 25.2 Å². The number of rotatable bonds is 3. The summed E-state index contributed by atoms with van der Waals surface area (Å²) in [6.07, 6.45) is 3.18. The lowest BCUT2D eigenvalue weighted by atomic mass is 10.2. The molecule has 7 heteroatoms. The molecule has 2 aromatic heterocycles. The second kappa shape index (κ2) is 6.37. The van der Waals surface area contributed by atoms with Crippen LogP contribution in [0.3, 0.4) is 0 Å². The minimum absolute atomic E-state index is 0.314. The summed E-state index contributed by atoms with van der Waals surface area (Å²) < 4.78 is 18.7. The molecule has 1 aliphatic heterocycles. The zero-order valence-electron chi connectivity index (χ0n) is 12.9. The smallest absolute Gasteiger partial charge is 0.141 e. The zero-order chi connectivity index (χ0) is 16.4. The van der Waals surface area contributed by atoms with Gasteiger partial charge in [0.15, 0.2) is 0 Å². The van der Waals surface area contributed by atoms with Gasteiger partial charge in [0.1, 0.15) is 23.8 Å². The van der Waals surface area contributed by atoms with Crippen LogP contribution in [0.1, 0.15) is 0 Å². The van der Waals surface area contributed by atoms with Crippen LogP contribution in [0.15, 0.2) is 42.9 Å². The van der Waals surface area contributed by atoms with Gasteiger partial charge in [-0.05, 0) is 18.2 Å². The number of hydrogen-bond donors (Lipinski definition) is 1. The SMILES string of the molecule is Fc1ccc2c(Nc3ccnc(N4CCOCC4)c3)ncnc2c1. The Bertz CT molecular complexity index is 866. The van der Waals surface area contributed by atoms with E-state index in [0.29, 0.717) is 24.5 Å². The quantitative estimate of drug-likeness (QED) is 0.799. The molecule has 0 aliphatic carbocycles. The predicted molar refractivity (Wildman–Crippen MR) is 90.0 cm³/mol. The van der Waals surface area contributed by atoms with Crippen LogP contribution < -0.4 is 10.2 Å². The minimum Gasteiger partial charge on any atom is -0.378 e. The number of anilines is 3. The minimum atomic E-state index is -0.314. The molecule has 0 atom stereocenters. The Balaban J connectivity index is 1.63. The van der Waals surface area contributed by atoms with Crippen molar-refractivity contribution in [3.8, 4) is 0 Å². The molecule has 0 radical (unpaired) electrons. The van der Waals surface area contributed by atoms with Crippen molar-refractivity contribution in [2.24, 2.45) is 0 Å². The fourth-order valence-electron chi connectivity index (χ4n) is 2.73. The highest BCUT2D eigenvalue weighted by Crippen LogP contribution is 2.25. The monoisotopic (exact) mass is 325 g/mol. The standard InChI is InChI=1S/C17H16FN5O/c18-12-1-2-14-15(9-12)20-11-21-17(14)22-13-3-4-19-16(10-13)23-5-7-24-8-6-23/h1-4,9-11H,5-8H2,(H,19,20,21,22). The Kier molecular flexibility index (Phi) is 3.92. The summed E-state index contributed by atoms with van der Waals surface area (Å²) in [5, 5.41) is 4.04. The number of fused-ring (bicyclic) bond motifs is 1. The van der Waals surface area contributed by atoms with E-state index < -0.39 is 0 Å². The van der Waals surface area contributed by atoms with Crippen molar-refractivity contribution in [1.29, 1.82) is 0 Å². The molecule has 1 fully saturated rings. The van der Waals surface area contributed by atoms with E-state index in [4.69, 9.17) is 4.74 Å². The Hall–Kier alpha value is -2.80. The third-order valence-electron chi connectivity index (χ3n) is 3.94. The van der Waals surface area contributed by atoms with Crippen LogP contribution in [-0.4, -0.2) is 41.3 Å². The van der Waals surface area contributed by atoms with Crippen LogP contribution in [0.5, 0.6) is 0 Å². The number of morpholine rings is 1. The first kappa shape index (κ1) is 14.8. The Morgan fingerprint density at radius 1 is 1.04 bits per heavy atom. The lowest BCUT2D eigenvalue weighted by Crippen LogP contribution is -2.36. The number of nitrogens with one attached hydrogen (secondary N) is 1. The van der Waals surface area contributed by atoms with Crippen LogP contribution in [0.2, 0.25) is 0 Å². The average Bonchev–Trinajstić information content (AvgIpc) is 2.63. The molecule has 0 unspecified atom stereocenters. The highest BCUT2D eigenvalue weighted by atomic mass is 19.1. The Morgan fingerprint density at radius 2 is 1.92 bits per heavy atom. The van der Waals surface area contributed by atoms with E-state index in [-0.39, 0.29) is 5.82 Å². The Morgan fingerprint density at radius 3 is 2.79 bits per heavy atom. The molecule has 3 aromatic rings. The number of pyridine rings is 1. The second-order valence-electron chi connectivity index (χ2n) is 5.51. The van der Waals surface area contributed by atoms with E-state index in [1.807, 2.05) is 12.1 Å². The van der Waals surface area contributed by atoms with Crippen molar-refractivity contribution < 1.29 is 9.13 Å². The zero-order valence-corrected chi connectivity index (χ0v) is 12.9. The maximum atomic E-state index is 13.3. The number of ether oxygens (including phenoxy) is 1. The van der Waals surface area contributed by atoms with E-state index in [1.54, 1.807) is 12.3 Å². The topological polar surface area (TPSA) is 63.2 Å². The molecule has 1 N–H and O–H groups in total. The molecule has 6 nitrogen and oxygen atoms in total. The average molecular weight is 325 g/mol. The van der Waals surface area contributed by atoms with Gasteiger partial charge in [0, 0.05) is 42.5 Å². The van der Waals surface area contributed by atoms with Gasteiger partial charge in [-0.25, -0.2) is 19.3 Å². The van der Waals surface area contributed by atoms with E-state index in [1.165, 1.54) is 18.5 Å². The van der Waals surface area contributed by atoms with Crippen molar-refractivity contribution >= 4 is 28.2 Å². The number of aromatic nitrogens is 3. The van der Waals surface area contributed by atoms with E-state index in [9.17, 15) is 4.39 Å². The van der Waals surface area contributed by atoms with Gasteiger partial charge in [0.2, 0.25) is 0 Å². The lowest BCUT2D eigenvalue weighted by Gasteiger charge is -2.28. The largest absolute Gasteiger partial charge is 0.378 e. The molecule has 3 heterocycles. The van der Waals surface area contributed by atoms with E-state index >= 15 is 0 Å². The van der Waals surface area contributed by atoms with Crippen LogP contribution in [0, 0.1) is 5.82 Å². The fourth-order valence-corrected chi connectivity index (χ4v) is 2.73. The fraction of sp³-hybridized carbons (Fsp3) is 0.235. The third-order valence-corrected chi connectivity index (χ3v) is 3.94. The van der Waals surface area contributed by atoms with E-state index in [0.717, 1.165) is 30.0 Å². The van der Waals surface area contributed by atoms with Crippen LogP contribution in [0.4, 0.5) is 21.7 Å². The second-order valence-corrected chi connectivity index (χ2v) is 5.51. The molecule has 0 saturated carbocycles. The van der Waals surface area contributed by atoms with Crippen LogP contribution in [0.25, 0.3) is 10.9 Å². The van der Waals surface area contributed by atoms with Crippen molar-refractivity contribution in [3.63, 3.8) is 0 Å². The number of benzene rings is 1. The first-order chi connectivity index (χ1) is 11.8. The summed E-state index contributed by atoms with van der Waals surface area (Å²) in [6.45, 7) is 3.07. The van der Waals surface area contributed by atoms with Gasteiger partial charge < -0.3 is 15.0 Å². The highest BCUT2D eigenvalue weighted by molar-refractivity contribution is 5.90. The van der Waals surface area contributed by atoms with Crippen LogP contribution >= 0.6 is 0 Å². The molecule has 1 saturated heterocycles. The first-order valence-electron chi connectivity index (χ1n) is 7.76. The molecule has 1 aliphatic rings. The Labute approximate surface area is 138 Å². The van der Waals surface area contributed by atoms with Crippen molar-refractivity contribution in [1.82, 2.24) is 15.0 Å². The van der Waals surface area contributed by atoms with Gasteiger partial charge in [-0.15, -0.1) is 0 Å². The maximum Gasteiger partial charge on any atom is 0.141 e. The molecular weight excluding hydrogens is 309 g/mol. The summed E-state index contributed by atoms with van der Waals surface area (Å²) in [5.41, 5.74) is 1.44. The summed E-state index contributed by atoms with van der Waals surface area (Å²) >= 11 is 0. The normalized spacial score (nSPS) is 14.8. The molecule has 4 rings (SSSR count). The van der Waals surface area contributed by atoms with Gasteiger partial charge in [-0.3, -0.25) is 0 Å². The van der Waals surface area contributed by atoms with Gasteiger partial charge in [0.25, 0.3) is 0 Å². The molecular formula is C17H16FN5O. The maximum absolute atomic E-state index is 13.3. The van der Waals surface area contributed by atoms with Crippen LogP contribution in [-0.2, 0) is 4.74 Å². The van der Waals surface area contributed by atoms with Gasteiger partial charge in [-0.2, -0.15) is 0 Å². The molecule has 0 bridgehead atoms. The number of halogens is 1. The number of nitrogens with zero attached hydrogens (tertiary/aromatic N) is 4. The predicted octanol–water partition coefficient (Wildman–Crippen LogP) is 2.74. The van der Waals surface area contributed by atoms with Crippen molar-refractivity contribution in [2.75, 3.05) is 36.5 Å². The molecule has 1 aromatic carbocycles. The molecule has 0 spiro atoms.